The van der Waals surface area contributed by atoms with E-state index in [0.29, 0.717) is 36.9 Å². The Hall–Kier alpha value is -2.77. The van der Waals surface area contributed by atoms with Gasteiger partial charge in [0.1, 0.15) is 5.69 Å². The van der Waals surface area contributed by atoms with E-state index >= 15 is 0 Å². The number of fused-ring (bicyclic) bond motifs is 1. The van der Waals surface area contributed by atoms with Crippen LogP contribution in [0.1, 0.15) is 38.5 Å². The lowest BCUT2D eigenvalue weighted by molar-refractivity contribution is 0.0745. The maximum Gasteiger partial charge on any atom is 0.272 e. The quantitative estimate of drug-likeness (QED) is 0.525. The fourth-order valence-electron chi connectivity index (χ4n) is 3.71. The number of amides is 2. The molecule has 0 fully saturated rings. The Labute approximate surface area is 196 Å². The fourth-order valence-corrected chi connectivity index (χ4v) is 4.24. The molecule has 0 saturated carbocycles. The molecule has 0 unspecified atom stereocenters. The molecule has 1 N–H and O–H groups in total. The monoisotopic (exact) mass is 468 g/mol. The highest BCUT2D eigenvalue weighted by molar-refractivity contribution is 7.98. The molecule has 0 atom stereocenters. The maximum absolute atomic E-state index is 13.1. The molecule has 32 heavy (non-hydrogen) atoms. The largest absolute Gasteiger partial charge is 0.350 e. The molecule has 2 aromatic carbocycles. The summed E-state index contributed by atoms with van der Waals surface area (Å²) in [6.45, 7) is 2.25. The molecule has 0 radical (unpaired) electrons. The molecule has 2 heterocycles. The van der Waals surface area contributed by atoms with Gasteiger partial charge in [-0.15, -0.1) is 11.8 Å². The predicted octanol–water partition coefficient (Wildman–Crippen LogP) is 4.28. The van der Waals surface area contributed by atoms with Crippen molar-refractivity contribution < 1.29 is 9.59 Å². The molecule has 8 heteroatoms. The van der Waals surface area contributed by atoms with Crippen molar-refractivity contribution in [3.63, 3.8) is 0 Å². The van der Waals surface area contributed by atoms with Crippen LogP contribution in [0.15, 0.2) is 59.5 Å². The number of nitrogens with zero attached hydrogens (tertiary/aromatic N) is 3. The Morgan fingerprint density at radius 1 is 1.09 bits per heavy atom. The van der Waals surface area contributed by atoms with Gasteiger partial charge in [0.15, 0.2) is 5.69 Å². The van der Waals surface area contributed by atoms with Crippen molar-refractivity contribution >= 4 is 35.2 Å². The second kappa shape index (κ2) is 10.2. The fraction of sp³-hybridized carbons (Fsp3) is 0.292. The topological polar surface area (TPSA) is 67.2 Å². The first kappa shape index (κ1) is 22.4. The van der Waals surface area contributed by atoms with Crippen molar-refractivity contribution in [1.29, 1.82) is 0 Å². The standard InChI is InChI=1S/C24H25ClN4O2S/c1-32-20-9-5-17(6-10-20)11-12-26-23(30)21-15-22-24(31)28(13-2-14-29(22)27-21)16-18-3-7-19(25)8-4-18/h3-10,15H,2,11-14,16H2,1H3,(H,26,30). The lowest BCUT2D eigenvalue weighted by atomic mass is 10.1. The molecule has 166 valence electrons. The average molecular weight is 469 g/mol. The number of hydrogen-bond donors (Lipinski definition) is 1. The van der Waals surface area contributed by atoms with E-state index in [0.717, 1.165) is 24.0 Å². The van der Waals surface area contributed by atoms with Crippen molar-refractivity contribution in [1.82, 2.24) is 20.0 Å². The zero-order valence-corrected chi connectivity index (χ0v) is 19.5. The Morgan fingerprint density at radius 2 is 1.81 bits per heavy atom. The van der Waals surface area contributed by atoms with E-state index in [-0.39, 0.29) is 17.5 Å². The van der Waals surface area contributed by atoms with Crippen LogP contribution in [0, 0.1) is 0 Å². The van der Waals surface area contributed by atoms with Crippen LogP contribution in [0.25, 0.3) is 0 Å². The second-order valence-electron chi connectivity index (χ2n) is 7.70. The van der Waals surface area contributed by atoms with Gasteiger partial charge in [-0.1, -0.05) is 35.9 Å². The van der Waals surface area contributed by atoms with Crippen molar-refractivity contribution in [2.24, 2.45) is 0 Å². The van der Waals surface area contributed by atoms with Crippen LogP contribution < -0.4 is 5.32 Å². The van der Waals surface area contributed by atoms with Gasteiger partial charge in [0.2, 0.25) is 0 Å². The third-order valence-corrected chi connectivity index (χ3v) is 6.46. The van der Waals surface area contributed by atoms with E-state index in [4.69, 9.17) is 11.6 Å². The molecule has 2 amide bonds. The maximum atomic E-state index is 13.1. The number of carbonyl (C=O) groups excluding carboxylic acids is 2. The molecule has 4 rings (SSSR count). The molecule has 3 aromatic rings. The number of rotatable bonds is 7. The number of carbonyl (C=O) groups is 2. The van der Waals surface area contributed by atoms with Gasteiger partial charge in [0.05, 0.1) is 0 Å². The van der Waals surface area contributed by atoms with Crippen LogP contribution in [0.3, 0.4) is 0 Å². The lowest BCUT2D eigenvalue weighted by Gasteiger charge is -2.20. The van der Waals surface area contributed by atoms with Crippen LogP contribution in [0.5, 0.6) is 0 Å². The van der Waals surface area contributed by atoms with Crippen molar-refractivity contribution in [3.05, 3.63) is 82.1 Å². The molecule has 0 bridgehead atoms. The van der Waals surface area contributed by atoms with Gasteiger partial charge in [-0.2, -0.15) is 5.10 Å². The molecule has 0 aliphatic carbocycles. The minimum absolute atomic E-state index is 0.113. The molecule has 1 aliphatic heterocycles. The van der Waals surface area contributed by atoms with Gasteiger partial charge in [0, 0.05) is 42.2 Å². The van der Waals surface area contributed by atoms with Crippen molar-refractivity contribution in [2.75, 3.05) is 19.3 Å². The van der Waals surface area contributed by atoms with Crippen LogP contribution >= 0.6 is 23.4 Å². The Kier molecular flexibility index (Phi) is 7.17. The summed E-state index contributed by atoms with van der Waals surface area (Å²) in [5.41, 5.74) is 2.91. The zero-order valence-electron chi connectivity index (χ0n) is 17.9. The number of benzene rings is 2. The summed E-state index contributed by atoms with van der Waals surface area (Å²) in [7, 11) is 0. The van der Waals surface area contributed by atoms with Crippen LogP contribution in [-0.4, -0.2) is 45.8 Å². The third-order valence-electron chi connectivity index (χ3n) is 5.46. The van der Waals surface area contributed by atoms with Gasteiger partial charge in [-0.25, -0.2) is 0 Å². The highest BCUT2D eigenvalue weighted by Crippen LogP contribution is 2.18. The van der Waals surface area contributed by atoms with Gasteiger partial charge >= 0.3 is 0 Å². The van der Waals surface area contributed by atoms with Crippen molar-refractivity contribution in [2.45, 2.75) is 30.8 Å². The number of aromatic nitrogens is 2. The van der Waals surface area contributed by atoms with Gasteiger partial charge in [-0.3, -0.25) is 14.3 Å². The van der Waals surface area contributed by atoms with Crippen molar-refractivity contribution in [3.8, 4) is 0 Å². The van der Waals surface area contributed by atoms with E-state index in [1.807, 2.05) is 30.5 Å². The van der Waals surface area contributed by atoms with Gasteiger partial charge in [-0.05, 0) is 54.5 Å². The molecule has 0 spiro atoms. The van der Waals surface area contributed by atoms with E-state index < -0.39 is 0 Å². The lowest BCUT2D eigenvalue weighted by Crippen LogP contribution is -2.30. The molecule has 1 aromatic heterocycles. The Bertz CT molecular complexity index is 1100. The summed E-state index contributed by atoms with van der Waals surface area (Å²) in [6.07, 6.45) is 3.56. The normalized spacial score (nSPS) is 13.6. The summed E-state index contributed by atoms with van der Waals surface area (Å²) < 4.78 is 1.65. The first-order valence-corrected chi connectivity index (χ1v) is 12.2. The summed E-state index contributed by atoms with van der Waals surface area (Å²) in [6, 6.07) is 17.4. The Morgan fingerprint density at radius 3 is 2.53 bits per heavy atom. The van der Waals surface area contributed by atoms with Gasteiger partial charge < -0.3 is 10.2 Å². The first-order valence-electron chi connectivity index (χ1n) is 10.6. The van der Waals surface area contributed by atoms with Crippen LogP contribution in [-0.2, 0) is 19.5 Å². The molecular formula is C24H25ClN4O2S. The van der Waals surface area contributed by atoms with Gasteiger partial charge in [0.25, 0.3) is 11.8 Å². The molecular weight excluding hydrogens is 444 g/mol. The highest BCUT2D eigenvalue weighted by atomic mass is 35.5. The Balaban J connectivity index is 1.38. The summed E-state index contributed by atoms with van der Waals surface area (Å²) in [5, 5.41) is 7.98. The number of aryl methyl sites for hydroxylation is 1. The van der Waals surface area contributed by atoms with Crippen LogP contribution in [0.2, 0.25) is 5.02 Å². The number of hydrogen-bond acceptors (Lipinski definition) is 4. The van der Waals surface area contributed by atoms with E-state index in [9.17, 15) is 9.59 Å². The van der Waals surface area contributed by atoms with E-state index in [1.165, 1.54) is 4.90 Å². The predicted molar refractivity (Wildman–Crippen MR) is 127 cm³/mol. The molecule has 1 aliphatic rings. The second-order valence-corrected chi connectivity index (χ2v) is 9.01. The summed E-state index contributed by atoms with van der Waals surface area (Å²) in [4.78, 5) is 28.7. The molecule has 6 nitrogen and oxygen atoms in total. The minimum Gasteiger partial charge on any atom is -0.350 e. The molecule has 0 saturated heterocycles. The number of nitrogens with one attached hydrogen (secondary N) is 1. The first-order chi connectivity index (χ1) is 15.5. The third kappa shape index (κ3) is 5.34. The van der Waals surface area contributed by atoms with Crippen LogP contribution in [0.4, 0.5) is 0 Å². The highest BCUT2D eigenvalue weighted by Gasteiger charge is 2.26. The minimum atomic E-state index is -0.261. The zero-order chi connectivity index (χ0) is 22.5. The summed E-state index contributed by atoms with van der Waals surface area (Å²) in [5.74, 6) is -0.374. The SMILES string of the molecule is CSc1ccc(CCNC(=O)c2cc3n(n2)CCCN(Cc2ccc(Cl)cc2)C3=O)cc1. The number of halogens is 1. The average Bonchev–Trinajstić information content (AvgIpc) is 3.18. The number of thioether (sulfide) groups is 1. The van der Waals surface area contributed by atoms with E-state index in [2.05, 4.69) is 34.7 Å². The summed E-state index contributed by atoms with van der Waals surface area (Å²) >= 11 is 7.66. The van der Waals surface area contributed by atoms with E-state index in [1.54, 1.807) is 27.4 Å². The smallest absolute Gasteiger partial charge is 0.272 e.